The van der Waals surface area contributed by atoms with E-state index in [4.69, 9.17) is 0 Å². The number of benzene rings is 2. The van der Waals surface area contributed by atoms with Gasteiger partial charge in [-0.25, -0.2) is 0 Å². The van der Waals surface area contributed by atoms with E-state index in [0.29, 0.717) is 25.9 Å². The van der Waals surface area contributed by atoms with Crippen LogP contribution in [-0.4, -0.2) is 41.8 Å². The standard InChI is InChI=1S/C22H26N2O2/c1-4-21(25)24-14-12-18(13-15-24)22(26)23(3)16(2)19-11-7-9-17-8-5-6-10-20(17)19/h4-11,16,18H,1,12-15H2,2-3H3. The first-order valence-corrected chi connectivity index (χ1v) is 9.18. The lowest BCUT2D eigenvalue weighted by molar-refractivity contribution is -0.139. The SMILES string of the molecule is C=CC(=O)N1CCC(C(=O)N(C)C(C)c2cccc3ccccc23)CC1. The molecule has 0 N–H and O–H groups in total. The maximum atomic E-state index is 13.0. The number of hydrogen-bond acceptors (Lipinski definition) is 2. The number of rotatable bonds is 4. The van der Waals surface area contributed by atoms with E-state index in [1.165, 1.54) is 22.4 Å². The lowest BCUT2D eigenvalue weighted by Crippen LogP contribution is -2.43. The first kappa shape index (κ1) is 18.2. The number of likely N-dealkylation sites (tertiary alicyclic amines) is 1. The lowest BCUT2D eigenvalue weighted by atomic mass is 9.93. The maximum Gasteiger partial charge on any atom is 0.245 e. The Kier molecular flexibility index (Phi) is 5.40. The second kappa shape index (κ2) is 7.73. The minimum Gasteiger partial charge on any atom is -0.339 e. The summed E-state index contributed by atoms with van der Waals surface area (Å²) in [6.45, 7) is 6.86. The second-order valence-corrected chi connectivity index (χ2v) is 7.00. The van der Waals surface area contributed by atoms with Crippen LogP contribution in [0.3, 0.4) is 0 Å². The van der Waals surface area contributed by atoms with Gasteiger partial charge in [-0.3, -0.25) is 9.59 Å². The molecule has 2 amide bonds. The normalized spacial score (nSPS) is 16.3. The fourth-order valence-electron chi connectivity index (χ4n) is 3.78. The van der Waals surface area contributed by atoms with E-state index in [0.717, 1.165) is 0 Å². The molecule has 1 fully saturated rings. The molecular formula is C22H26N2O2. The van der Waals surface area contributed by atoms with Gasteiger partial charge in [-0.15, -0.1) is 0 Å². The van der Waals surface area contributed by atoms with E-state index in [-0.39, 0.29) is 23.8 Å². The second-order valence-electron chi connectivity index (χ2n) is 7.00. The zero-order chi connectivity index (χ0) is 18.7. The van der Waals surface area contributed by atoms with Crippen LogP contribution >= 0.6 is 0 Å². The van der Waals surface area contributed by atoms with Crippen LogP contribution in [0.25, 0.3) is 10.8 Å². The van der Waals surface area contributed by atoms with Crippen molar-refractivity contribution in [1.82, 2.24) is 9.80 Å². The van der Waals surface area contributed by atoms with Crippen LogP contribution in [0.1, 0.15) is 31.4 Å². The highest BCUT2D eigenvalue weighted by molar-refractivity contribution is 5.88. The summed E-state index contributed by atoms with van der Waals surface area (Å²) in [5.74, 6) is 0.0933. The molecule has 0 radical (unpaired) electrons. The van der Waals surface area contributed by atoms with Crippen molar-refractivity contribution in [2.24, 2.45) is 5.92 Å². The Bertz CT molecular complexity index is 817. The molecule has 136 valence electrons. The third-order valence-corrected chi connectivity index (χ3v) is 5.53. The first-order chi connectivity index (χ1) is 12.5. The summed E-state index contributed by atoms with van der Waals surface area (Å²) in [5.41, 5.74) is 1.17. The van der Waals surface area contributed by atoms with Crippen LogP contribution < -0.4 is 0 Å². The topological polar surface area (TPSA) is 40.6 Å². The number of carbonyl (C=O) groups excluding carboxylic acids is 2. The maximum absolute atomic E-state index is 13.0. The molecule has 26 heavy (non-hydrogen) atoms. The molecule has 1 saturated heterocycles. The smallest absolute Gasteiger partial charge is 0.245 e. The van der Waals surface area contributed by atoms with Crippen molar-refractivity contribution in [3.63, 3.8) is 0 Å². The fraction of sp³-hybridized carbons (Fsp3) is 0.364. The summed E-state index contributed by atoms with van der Waals surface area (Å²) < 4.78 is 0. The van der Waals surface area contributed by atoms with Crippen molar-refractivity contribution in [2.75, 3.05) is 20.1 Å². The molecule has 3 rings (SSSR count). The summed E-state index contributed by atoms with van der Waals surface area (Å²) in [6, 6.07) is 14.5. The molecule has 1 aliphatic heterocycles. The molecule has 0 spiro atoms. The molecule has 0 aromatic heterocycles. The van der Waals surface area contributed by atoms with Crippen LogP contribution in [0, 0.1) is 5.92 Å². The number of hydrogen-bond donors (Lipinski definition) is 0. The van der Waals surface area contributed by atoms with Gasteiger partial charge in [0.15, 0.2) is 0 Å². The Morgan fingerprint density at radius 2 is 1.81 bits per heavy atom. The van der Waals surface area contributed by atoms with E-state index in [2.05, 4.69) is 37.8 Å². The van der Waals surface area contributed by atoms with Crippen LogP contribution in [0.2, 0.25) is 0 Å². The summed E-state index contributed by atoms with van der Waals surface area (Å²) in [6.07, 6.45) is 2.77. The Morgan fingerprint density at radius 3 is 2.50 bits per heavy atom. The van der Waals surface area contributed by atoms with Gasteiger partial charge < -0.3 is 9.80 Å². The molecule has 1 atom stereocenters. The third kappa shape index (κ3) is 3.50. The lowest BCUT2D eigenvalue weighted by Gasteiger charge is -2.35. The molecule has 0 aliphatic carbocycles. The molecule has 2 aromatic rings. The molecule has 2 aromatic carbocycles. The fourth-order valence-corrected chi connectivity index (χ4v) is 3.78. The van der Waals surface area contributed by atoms with Crippen molar-refractivity contribution in [2.45, 2.75) is 25.8 Å². The minimum absolute atomic E-state index is 0.00133. The van der Waals surface area contributed by atoms with Gasteiger partial charge in [0.25, 0.3) is 0 Å². The third-order valence-electron chi connectivity index (χ3n) is 5.53. The number of nitrogens with zero attached hydrogens (tertiary/aromatic N) is 2. The number of amides is 2. The van der Waals surface area contributed by atoms with Gasteiger partial charge in [0.1, 0.15) is 0 Å². The van der Waals surface area contributed by atoms with Crippen molar-refractivity contribution < 1.29 is 9.59 Å². The Morgan fingerprint density at radius 1 is 1.15 bits per heavy atom. The van der Waals surface area contributed by atoms with Crippen molar-refractivity contribution in [1.29, 1.82) is 0 Å². The highest BCUT2D eigenvalue weighted by atomic mass is 16.2. The van der Waals surface area contributed by atoms with E-state index < -0.39 is 0 Å². The van der Waals surface area contributed by atoms with Gasteiger partial charge in [-0.1, -0.05) is 49.0 Å². The zero-order valence-corrected chi connectivity index (χ0v) is 15.5. The first-order valence-electron chi connectivity index (χ1n) is 9.18. The van der Waals surface area contributed by atoms with Crippen molar-refractivity contribution in [3.05, 3.63) is 60.7 Å². The highest BCUT2D eigenvalue weighted by Crippen LogP contribution is 2.29. The minimum atomic E-state index is -0.0478. The van der Waals surface area contributed by atoms with Crippen LogP contribution in [0.5, 0.6) is 0 Å². The summed E-state index contributed by atoms with van der Waals surface area (Å²) in [4.78, 5) is 28.3. The average Bonchev–Trinajstić information content (AvgIpc) is 2.71. The van der Waals surface area contributed by atoms with Gasteiger partial charge in [0, 0.05) is 26.1 Å². The Labute approximate surface area is 155 Å². The van der Waals surface area contributed by atoms with E-state index in [1.807, 2.05) is 30.1 Å². The molecule has 0 bridgehead atoms. The van der Waals surface area contributed by atoms with E-state index in [9.17, 15) is 9.59 Å². The van der Waals surface area contributed by atoms with Gasteiger partial charge >= 0.3 is 0 Å². The summed E-state index contributed by atoms with van der Waals surface area (Å²) in [5, 5.41) is 2.38. The number of carbonyl (C=O) groups is 2. The Balaban J connectivity index is 1.72. The molecule has 1 heterocycles. The predicted octanol–water partition coefficient (Wildman–Crippen LogP) is 3.78. The predicted molar refractivity (Wildman–Crippen MR) is 105 cm³/mol. The van der Waals surface area contributed by atoms with Gasteiger partial charge in [0.2, 0.25) is 11.8 Å². The summed E-state index contributed by atoms with van der Waals surface area (Å²) in [7, 11) is 1.88. The van der Waals surface area contributed by atoms with Gasteiger partial charge in [-0.2, -0.15) is 0 Å². The summed E-state index contributed by atoms with van der Waals surface area (Å²) >= 11 is 0. The Hall–Kier alpha value is -2.62. The molecule has 4 nitrogen and oxygen atoms in total. The molecule has 1 unspecified atom stereocenters. The van der Waals surface area contributed by atoms with E-state index >= 15 is 0 Å². The van der Waals surface area contributed by atoms with Crippen molar-refractivity contribution >= 4 is 22.6 Å². The van der Waals surface area contributed by atoms with Crippen LogP contribution in [0.4, 0.5) is 0 Å². The molecule has 1 aliphatic rings. The van der Waals surface area contributed by atoms with Crippen LogP contribution in [0.15, 0.2) is 55.1 Å². The highest BCUT2D eigenvalue weighted by Gasteiger charge is 2.30. The quantitative estimate of drug-likeness (QED) is 0.787. The monoisotopic (exact) mass is 350 g/mol. The number of fused-ring (bicyclic) bond motifs is 1. The molecule has 4 heteroatoms. The number of piperidine rings is 1. The van der Waals surface area contributed by atoms with Gasteiger partial charge in [-0.05, 0) is 42.2 Å². The zero-order valence-electron chi connectivity index (χ0n) is 15.5. The van der Waals surface area contributed by atoms with Crippen molar-refractivity contribution in [3.8, 4) is 0 Å². The largest absolute Gasteiger partial charge is 0.339 e. The molecule has 0 saturated carbocycles. The van der Waals surface area contributed by atoms with E-state index in [1.54, 1.807) is 4.90 Å². The van der Waals surface area contributed by atoms with Crippen LogP contribution in [-0.2, 0) is 9.59 Å². The van der Waals surface area contributed by atoms with Gasteiger partial charge in [0.05, 0.1) is 6.04 Å². The molecular weight excluding hydrogens is 324 g/mol. The average molecular weight is 350 g/mol.